The SMILES string of the molecule is NNC(=O)c1cc(-c2ccc(C#Cc3ccc(C(=O)N4CCCC4C(=O)O)cc3Cl)cc2)nc2ccncc12. The monoisotopic (exact) mass is 539 g/mol. The van der Waals surface area contributed by atoms with Crippen molar-refractivity contribution >= 4 is 40.3 Å². The second-order valence-corrected chi connectivity index (χ2v) is 9.35. The van der Waals surface area contributed by atoms with Gasteiger partial charge in [-0.3, -0.25) is 20.0 Å². The van der Waals surface area contributed by atoms with Crippen LogP contribution in [-0.4, -0.2) is 50.3 Å². The van der Waals surface area contributed by atoms with Crippen LogP contribution >= 0.6 is 11.6 Å². The summed E-state index contributed by atoms with van der Waals surface area (Å²) in [5, 5.41) is 10.3. The number of amides is 2. The molecule has 1 fully saturated rings. The summed E-state index contributed by atoms with van der Waals surface area (Å²) >= 11 is 6.41. The van der Waals surface area contributed by atoms with E-state index in [2.05, 4.69) is 27.2 Å². The molecule has 1 unspecified atom stereocenters. The van der Waals surface area contributed by atoms with Crippen LogP contribution in [0.3, 0.4) is 0 Å². The van der Waals surface area contributed by atoms with Gasteiger partial charge in [0.1, 0.15) is 6.04 Å². The molecular weight excluding hydrogens is 518 g/mol. The van der Waals surface area contributed by atoms with Crippen molar-refractivity contribution in [2.75, 3.05) is 6.54 Å². The Hall–Kier alpha value is -4.78. The highest BCUT2D eigenvalue weighted by molar-refractivity contribution is 6.32. The van der Waals surface area contributed by atoms with E-state index < -0.39 is 17.9 Å². The molecule has 1 saturated heterocycles. The third kappa shape index (κ3) is 5.29. The minimum absolute atomic E-state index is 0.302. The number of nitrogen functional groups attached to an aromatic ring is 1. The Bertz CT molecular complexity index is 1680. The molecule has 4 aromatic rings. The van der Waals surface area contributed by atoms with E-state index in [0.717, 1.165) is 11.1 Å². The predicted octanol–water partition coefficient (Wildman–Crippen LogP) is 3.64. The molecule has 4 N–H and O–H groups in total. The van der Waals surface area contributed by atoms with E-state index in [4.69, 9.17) is 17.4 Å². The fourth-order valence-corrected chi connectivity index (χ4v) is 4.76. The molecule has 2 aromatic carbocycles. The van der Waals surface area contributed by atoms with Gasteiger partial charge in [0.25, 0.3) is 11.8 Å². The number of hydrazine groups is 1. The number of hydrogen-bond acceptors (Lipinski definition) is 6. The maximum Gasteiger partial charge on any atom is 0.326 e. The normalized spacial score (nSPS) is 14.5. The first-order valence-electron chi connectivity index (χ1n) is 12.1. The molecule has 0 bridgehead atoms. The van der Waals surface area contributed by atoms with Gasteiger partial charge in [-0.1, -0.05) is 35.6 Å². The molecule has 2 amide bonds. The van der Waals surface area contributed by atoms with Crippen LogP contribution in [0.15, 0.2) is 67.0 Å². The van der Waals surface area contributed by atoms with E-state index >= 15 is 0 Å². The third-order valence-electron chi connectivity index (χ3n) is 6.52. The average Bonchev–Trinajstić information content (AvgIpc) is 3.46. The summed E-state index contributed by atoms with van der Waals surface area (Å²) in [6.45, 7) is 0.401. The lowest BCUT2D eigenvalue weighted by atomic mass is 10.0. The fourth-order valence-electron chi connectivity index (χ4n) is 4.53. The van der Waals surface area contributed by atoms with Gasteiger partial charge in [-0.25, -0.2) is 15.6 Å². The summed E-state index contributed by atoms with van der Waals surface area (Å²) in [4.78, 5) is 46.7. The van der Waals surface area contributed by atoms with Crippen LogP contribution in [0.2, 0.25) is 5.02 Å². The van der Waals surface area contributed by atoms with Gasteiger partial charge in [-0.05, 0) is 55.3 Å². The molecule has 0 aliphatic carbocycles. The number of fused-ring (bicyclic) bond motifs is 1. The number of hydrogen-bond donors (Lipinski definition) is 3. The Morgan fingerprint density at radius 3 is 2.59 bits per heavy atom. The number of benzene rings is 2. The summed E-state index contributed by atoms with van der Waals surface area (Å²) in [5.41, 5.74) is 6.11. The maximum atomic E-state index is 12.8. The van der Waals surface area contributed by atoms with Crippen LogP contribution in [-0.2, 0) is 4.79 Å². The number of aromatic nitrogens is 2. The van der Waals surface area contributed by atoms with Crippen LogP contribution in [0, 0.1) is 11.8 Å². The lowest BCUT2D eigenvalue weighted by molar-refractivity contribution is -0.141. The number of halogens is 1. The number of carboxylic acid groups (broad SMARTS) is 1. The zero-order valence-electron chi connectivity index (χ0n) is 20.5. The van der Waals surface area contributed by atoms with Crippen molar-refractivity contribution in [3.05, 3.63) is 94.3 Å². The molecule has 39 heavy (non-hydrogen) atoms. The number of nitrogens with one attached hydrogen (secondary N) is 1. The zero-order valence-corrected chi connectivity index (χ0v) is 21.3. The van der Waals surface area contributed by atoms with Gasteiger partial charge in [0, 0.05) is 46.6 Å². The summed E-state index contributed by atoms with van der Waals surface area (Å²) in [6, 6.07) is 14.7. The van der Waals surface area contributed by atoms with E-state index in [1.807, 2.05) is 24.3 Å². The van der Waals surface area contributed by atoms with Crippen molar-refractivity contribution in [1.82, 2.24) is 20.3 Å². The minimum atomic E-state index is -1.00. The van der Waals surface area contributed by atoms with Crippen molar-refractivity contribution < 1.29 is 19.5 Å². The molecule has 194 valence electrons. The third-order valence-corrected chi connectivity index (χ3v) is 6.84. The van der Waals surface area contributed by atoms with Crippen LogP contribution in [0.4, 0.5) is 0 Å². The largest absolute Gasteiger partial charge is 0.480 e. The molecule has 1 aliphatic rings. The maximum absolute atomic E-state index is 12.8. The van der Waals surface area contributed by atoms with E-state index in [-0.39, 0.29) is 5.91 Å². The number of carbonyl (C=O) groups excluding carboxylic acids is 2. The van der Waals surface area contributed by atoms with Crippen LogP contribution in [0.5, 0.6) is 0 Å². The number of pyridine rings is 2. The molecular formula is C29H22ClN5O4. The van der Waals surface area contributed by atoms with Gasteiger partial charge in [-0.2, -0.15) is 0 Å². The highest BCUT2D eigenvalue weighted by Gasteiger charge is 2.34. The van der Waals surface area contributed by atoms with Crippen molar-refractivity contribution in [1.29, 1.82) is 0 Å². The zero-order chi connectivity index (χ0) is 27.5. The number of nitrogens with two attached hydrogens (primary N) is 1. The second kappa shape index (κ2) is 10.9. The van der Waals surface area contributed by atoms with Crippen LogP contribution in [0.25, 0.3) is 22.2 Å². The quantitative estimate of drug-likeness (QED) is 0.156. The number of aliphatic carboxylic acids is 1. The first kappa shape index (κ1) is 25.9. The molecule has 3 heterocycles. The Morgan fingerprint density at radius 1 is 1.08 bits per heavy atom. The Labute approximate surface area is 228 Å². The van der Waals surface area contributed by atoms with Gasteiger partial charge < -0.3 is 10.0 Å². The number of rotatable bonds is 4. The molecule has 0 radical (unpaired) electrons. The van der Waals surface area contributed by atoms with Crippen molar-refractivity contribution in [2.24, 2.45) is 5.84 Å². The predicted molar refractivity (Wildman–Crippen MR) is 146 cm³/mol. The van der Waals surface area contributed by atoms with Crippen molar-refractivity contribution in [3.63, 3.8) is 0 Å². The van der Waals surface area contributed by atoms with E-state index in [1.165, 1.54) is 11.0 Å². The molecule has 0 spiro atoms. The second-order valence-electron chi connectivity index (χ2n) is 8.94. The van der Waals surface area contributed by atoms with E-state index in [9.17, 15) is 19.5 Å². The Morgan fingerprint density at radius 2 is 1.87 bits per heavy atom. The first-order valence-corrected chi connectivity index (χ1v) is 12.4. The first-order chi connectivity index (χ1) is 18.9. The molecule has 2 aromatic heterocycles. The Balaban J connectivity index is 1.36. The standard InChI is InChI=1S/C29H22ClN5O4/c30-23-14-20(28(37)35-13-1-2-26(35)29(38)39)10-9-18(23)6-3-17-4-7-19(8-5-17)25-15-21(27(36)34-31)22-16-32-12-11-24(22)33-25/h4-5,7-12,14-16,26H,1-2,13,31H2,(H,34,36)(H,38,39). The number of likely N-dealkylation sites (tertiary alicyclic amines) is 1. The van der Waals surface area contributed by atoms with Crippen LogP contribution in [0.1, 0.15) is 44.7 Å². The van der Waals surface area contributed by atoms with Gasteiger partial charge in [0.15, 0.2) is 0 Å². The summed E-state index contributed by atoms with van der Waals surface area (Å²) in [5.74, 6) is 9.63. The number of carbonyl (C=O) groups is 3. The molecule has 10 heteroatoms. The molecule has 1 aliphatic heterocycles. The summed E-state index contributed by atoms with van der Waals surface area (Å²) in [7, 11) is 0. The molecule has 0 saturated carbocycles. The van der Waals surface area contributed by atoms with Gasteiger partial charge in [-0.15, -0.1) is 0 Å². The smallest absolute Gasteiger partial charge is 0.326 e. The molecule has 9 nitrogen and oxygen atoms in total. The van der Waals surface area contributed by atoms with Crippen molar-refractivity contribution in [2.45, 2.75) is 18.9 Å². The van der Waals surface area contributed by atoms with Gasteiger partial charge in [0.2, 0.25) is 0 Å². The van der Waals surface area contributed by atoms with Gasteiger partial charge in [0.05, 0.1) is 21.8 Å². The minimum Gasteiger partial charge on any atom is -0.480 e. The highest BCUT2D eigenvalue weighted by atomic mass is 35.5. The molecule has 5 rings (SSSR count). The Kier molecular flexibility index (Phi) is 7.23. The van der Waals surface area contributed by atoms with E-state index in [1.54, 1.807) is 36.7 Å². The fraction of sp³-hybridized carbons (Fsp3) is 0.138. The topological polar surface area (TPSA) is 139 Å². The lowest BCUT2D eigenvalue weighted by Crippen LogP contribution is -2.40. The summed E-state index contributed by atoms with van der Waals surface area (Å²) < 4.78 is 0. The summed E-state index contributed by atoms with van der Waals surface area (Å²) in [6.07, 6.45) is 4.27. The highest BCUT2D eigenvalue weighted by Crippen LogP contribution is 2.26. The average molecular weight is 540 g/mol. The van der Waals surface area contributed by atoms with Gasteiger partial charge >= 0.3 is 5.97 Å². The van der Waals surface area contributed by atoms with Crippen LogP contribution < -0.4 is 11.3 Å². The molecule has 1 atom stereocenters. The van der Waals surface area contributed by atoms with Crippen molar-refractivity contribution in [3.8, 4) is 23.1 Å². The lowest BCUT2D eigenvalue weighted by Gasteiger charge is -2.21. The van der Waals surface area contributed by atoms with E-state index in [0.29, 0.717) is 57.7 Å². The number of nitrogens with zero attached hydrogens (tertiary/aromatic N) is 3. The number of carboxylic acids is 1.